The van der Waals surface area contributed by atoms with Crippen molar-refractivity contribution >= 4 is 49.2 Å². The molecule has 1 aliphatic carbocycles. The van der Waals surface area contributed by atoms with Crippen LogP contribution < -0.4 is 5.32 Å². The summed E-state index contributed by atoms with van der Waals surface area (Å²) in [6.45, 7) is 0.105. The van der Waals surface area contributed by atoms with Crippen LogP contribution in [0.15, 0.2) is 48.7 Å². The average Bonchev–Trinajstić information content (AvgIpc) is 3.06. The summed E-state index contributed by atoms with van der Waals surface area (Å²) in [6.07, 6.45) is 6.57. The summed E-state index contributed by atoms with van der Waals surface area (Å²) in [6, 6.07) is 14.4. The summed E-state index contributed by atoms with van der Waals surface area (Å²) < 4.78 is 23.8. The van der Waals surface area contributed by atoms with Gasteiger partial charge >= 0.3 is 0 Å². The third kappa shape index (κ3) is 3.94. The molecule has 2 aromatic carbocycles. The van der Waals surface area contributed by atoms with Crippen molar-refractivity contribution in [1.82, 2.24) is 10.3 Å². The van der Waals surface area contributed by atoms with Gasteiger partial charge in [0.2, 0.25) is 0 Å². The maximum atomic E-state index is 12.7. The molecule has 3 aromatic rings. The maximum Gasteiger partial charge on any atom is 0.253 e. The zero-order valence-electron chi connectivity index (χ0n) is 16.2. The SMILES string of the molecule is CS(=O)(=O)CCNC(=O)c1cccc2c(C3(c4ccc(I)cc4)CCC3)c[nH]c12. The van der Waals surface area contributed by atoms with Gasteiger partial charge in [0, 0.05) is 33.4 Å². The Hall–Kier alpha value is -1.87. The highest BCUT2D eigenvalue weighted by molar-refractivity contribution is 14.1. The second-order valence-corrected chi connectivity index (χ2v) is 11.3. The average molecular weight is 522 g/mol. The minimum absolute atomic E-state index is 0.0199. The first-order valence-electron chi connectivity index (χ1n) is 9.63. The quantitative estimate of drug-likeness (QED) is 0.481. The molecule has 0 unspecified atom stereocenters. The van der Waals surface area contributed by atoms with E-state index in [4.69, 9.17) is 0 Å². The summed E-state index contributed by atoms with van der Waals surface area (Å²) in [5.74, 6) is -0.328. The lowest BCUT2D eigenvalue weighted by molar-refractivity contribution is 0.0957. The lowest BCUT2D eigenvalue weighted by Gasteiger charge is -2.42. The number of carbonyl (C=O) groups is 1. The Morgan fingerprint density at radius 2 is 1.90 bits per heavy atom. The van der Waals surface area contributed by atoms with Gasteiger partial charge in [-0.1, -0.05) is 30.7 Å². The first-order chi connectivity index (χ1) is 13.8. The van der Waals surface area contributed by atoms with Gasteiger partial charge in [-0.15, -0.1) is 0 Å². The van der Waals surface area contributed by atoms with Crippen LogP contribution in [0.4, 0.5) is 0 Å². The summed E-state index contributed by atoms with van der Waals surface area (Å²) in [7, 11) is -3.11. The van der Waals surface area contributed by atoms with E-state index < -0.39 is 9.84 Å². The molecule has 29 heavy (non-hydrogen) atoms. The first-order valence-corrected chi connectivity index (χ1v) is 12.8. The number of amides is 1. The molecule has 0 spiro atoms. The van der Waals surface area contributed by atoms with E-state index in [2.05, 4.69) is 63.2 Å². The molecule has 1 aromatic heterocycles. The van der Waals surface area contributed by atoms with Crippen LogP contribution in [-0.2, 0) is 15.3 Å². The Labute approximate surface area is 184 Å². The molecule has 1 saturated carbocycles. The fourth-order valence-corrected chi connectivity index (χ4v) is 5.03. The number of sulfone groups is 1. The van der Waals surface area contributed by atoms with E-state index in [-0.39, 0.29) is 23.6 Å². The number of benzene rings is 2. The standard InChI is InChI=1S/C22H23IN2O3S/c1-29(27,28)13-12-24-21(26)18-5-2-4-17-19(14-25-20(17)18)22(10-3-11-22)15-6-8-16(23)9-7-15/h2,4-9,14,25H,3,10-13H2,1H3,(H,24,26). The minimum Gasteiger partial charge on any atom is -0.360 e. The lowest BCUT2D eigenvalue weighted by Crippen LogP contribution is -2.35. The second kappa shape index (κ2) is 7.75. The fraction of sp³-hybridized carbons (Fsp3) is 0.318. The van der Waals surface area contributed by atoms with E-state index in [1.807, 2.05) is 12.3 Å². The maximum absolute atomic E-state index is 12.7. The Morgan fingerprint density at radius 1 is 1.17 bits per heavy atom. The molecular formula is C22H23IN2O3S. The van der Waals surface area contributed by atoms with Gasteiger partial charge in [0.1, 0.15) is 9.84 Å². The van der Waals surface area contributed by atoms with Gasteiger partial charge in [0.05, 0.1) is 16.8 Å². The highest BCUT2D eigenvalue weighted by atomic mass is 127. The van der Waals surface area contributed by atoms with E-state index in [1.165, 1.54) is 27.4 Å². The number of fused-ring (bicyclic) bond motifs is 1. The van der Waals surface area contributed by atoms with E-state index in [1.54, 1.807) is 6.07 Å². The van der Waals surface area contributed by atoms with Gasteiger partial charge in [-0.3, -0.25) is 4.79 Å². The molecule has 4 rings (SSSR count). The molecule has 7 heteroatoms. The number of hydrogen-bond donors (Lipinski definition) is 2. The van der Waals surface area contributed by atoms with Crippen molar-refractivity contribution in [2.24, 2.45) is 0 Å². The van der Waals surface area contributed by atoms with Crippen molar-refractivity contribution in [2.45, 2.75) is 24.7 Å². The van der Waals surface area contributed by atoms with Crippen LogP contribution in [0.1, 0.15) is 40.7 Å². The van der Waals surface area contributed by atoms with Crippen LogP contribution in [0.5, 0.6) is 0 Å². The van der Waals surface area contributed by atoms with Crippen molar-refractivity contribution in [1.29, 1.82) is 0 Å². The van der Waals surface area contributed by atoms with Gasteiger partial charge in [0.15, 0.2) is 0 Å². The van der Waals surface area contributed by atoms with Crippen LogP contribution in [0.2, 0.25) is 0 Å². The Bertz CT molecular complexity index is 1160. The molecule has 1 heterocycles. The number of carbonyl (C=O) groups excluding carboxylic acids is 1. The van der Waals surface area contributed by atoms with Gasteiger partial charge in [-0.25, -0.2) is 8.42 Å². The fourth-order valence-electron chi connectivity index (χ4n) is 4.20. The molecule has 0 bridgehead atoms. The van der Waals surface area contributed by atoms with Crippen molar-refractivity contribution in [3.05, 3.63) is 68.9 Å². The van der Waals surface area contributed by atoms with Crippen molar-refractivity contribution in [3.8, 4) is 0 Å². The molecule has 0 radical (unpaired) electrons. The predicted molar refractivity (Wildman–Crippen MR) is 124 cm³/mol. The van der Waals surface area contributed by atoms with E-state index in [9.17, 15) is 13.2 Å². The third-order valence-corrected chi connectivity index (χ3v) is 7.50. The van der Waals surface area contributed by atoms with Gasteiger partial charge in [-0.05, 0) is 64.8 Å². The largest absolute Gasteiger partial charge is 0.360 e. The Kier molecular flexibility index (Phi) is 5.46. The third-order valence-electron chi connectivity index (χ3n) is 5.84. The molecule has 0 atom stereocenters. The smallest absolute Gasteiger partial charge is 0.253 e. The summed E-state index contributed by atoms with van der Waals surface area (Å²) in [5, 5.41) is 3.78. The number of halogens is 1. The van der Waals surface area contributed by atoms with Gasteiger partial charge in [-0.2, -0.15) is 0 Å². The summed E-state index contributed by atoms with van der Waals surface area (Å²) >= 11 is 2.32. The molecule has 152 valence electrons. The van der Waals surface area contributed by atoms with Crippen LogP contribution in [-0.4, -0.2) is 37.9 Å². The van der Waals surface area contributed by atoms with Crippen molar-refractivity contribution < 1.29 is 13.2 Å². The van der Waals surface area contributed by atoms with Crippen molar-refractivity contribution in [2.75, 3.05) is 18.6 Å². The van der Waals surface area contributed by atoms with E-state index >= 15 is 0 Å². The zero-order chi connectivity index (χ0) is 20.6. The molecule has 5 nitrogen and oxygen atoms in total. The number of para-hydroxylation sites is 1. The number of nitrogens with one attached hydrogen (secondary N) is 2. The molecule has 1 aliphatic rings. The predicted octanol–water partition coefficient (Wildman–Crippen LogP) is 4.02. The number of hydrogen-bond acceptors (Lipinski definition) is 3. The van der Waals surface area contributed by atoms with Crippen LogP contribution >= 0.6 is 22.6 Å². The molecular weight excluding hydrogens is 499 g/mol. The normalized spacial score (nSPS) is 15.8. The topological polar surface area (TPSA) is 79.0 Å². The molecule has 2 N–H and O–H groups in total. The number of aromatic nitrogens is 1. The Morgan fingerprint density at radius 3 is 2.52 bits per heavy atom. The number of H-pyrrole nitrogens is 1. The first kappa shape index (κ1) is 20.4. The second-order valence-electron chi connectivity index (χ2n) is 7.76. The highest BCUT2D eigenvalue weighted by Gasteiger charge is 2.42. The zero-order valence-corrected chi connectivity index (χ0v) is 19.1. The minimum atomic E-state index is -3.11. The number of aromatic amines is 1. The summed E-state index contributed by atoms with van der Waals surface area (Å²) in [4.78, 5) is 16.0. The lowest BCUT2D eigenvalue weighted by atomic mass is 9.60. The molecule has 0 saturated heterocycles. The van der Waals surface area contributed by atoms with Crippen LogP contribution in [0.25, 0.3) is 10.9 Å². The van der Waals surface area contributed by atoms with E-state index in [0.717, 1.165) is 23.7 Å². The molecule has 1 fully saturated rings. The highest BCUT2D eigenvalue weighted by Crippen LogP contribution is 2.51. The monoisotopic (exact) mass is 522 g/mol. The van der Waals surface area contributed by atoms with Gasteiger partial charge < -0.3 is 10.3 Å². The summed E-state index contributed by atoms with van der Waals surface area (Å²) in [5.41, 5.74) is 3.86. The van der Waals surface area contributed by atoms with Crippen molar-refractivity contribution in [3.63, 3.8) is 0 Å². The van der Waals surface area contributed by atoms with Gasteiger partial charge in [0.25, 0.3) is 5.91 Å². The number of rotatable bonds is 6. The van der Waals surface area contributed by atoms with E-state index in [0.29, 0.717) is 5.56 Å². The Balaban J connectivity index is 1.69. The van der Waals surface area contributed by atoms with Crippen LogP contribution in [0.3, 0.4) is 0 Å². The molecule has 1 amide bonds. The van der Waals surface area contributed by atoms with Crippen LogP contribution in [0, 0.1) is 3.57 Å². The molecule has 0 aliphatic heterocycles.